The number of carboxylic acid groups (broad SMARTS) is 1. The van der Waals surface area contributed by atoms with Crippen molar-refractivity contribution in [1.82, 2.24) is 5.32 Å². The molecular weight excluding hydrogens is 190 g/mol. The standard InChI is InChI=1S/C8H15NO3S/c1-8(2,3)9-6(10)4-5(13)7(11)12/h5,13H,4H2,1-3H3,(H,9,10)(H,11,12). The number of aliphatic carboxylic acids is 1. The number of hydrogen-bond donors (Lipinski definition) is 3. The fourth-order valence-corrected chi connectivity index (χ4v) is 0.898. The number of thiol groups is 1. The van der Waals surface area contributed by atoms with E-state index in [4.69, 9.17) is 5.11 Å². The number of rotatable bonds is 3. The first kappa shape index (κ1) is 12.3. The molecule has 0 bridgehead atoms. The van der Waals surface area contributed by atoms with Gasteiger partial charge in [-0.2, -0.15) is 12.6 Å². The van der Waals surface area contributed by atoms with Crippen molar-refractivity contribution < 1.29 is 14.7 Å². The summed E-state index contributed by atoms with van der Waals surface area (Å²) in [6.07, 6.45) is -0.101. The molecule has 76 valence electrons. The molecule has 1 unspecified atom stereocenters. The summed E-state index contributed by atoms with van der Waals surface area (Å²) in [7, 11) is 0. The van der Waals surface area contributed by atoms with E-state index in [2.05, 4.69) is 17.9 Å². The van der Waals surface area contributed by atoms with E-state index in [9.17, 15) is 9.59 Å². The van der Waals surface area contributed by atoms with E-state index >= 15 is 0 Å². The molecule has 0 rings (SSSR count). The molecule has 0 aromatic carbocycles. The lowest BCUT2D eigenvalue weighted by molar-refractivity contribution is -0.138. The van der Waals surface area contributed by atoms with Gasteiger partial charge in [-0.3, -0.25) is 9.59 Å². The highest BCUT2D eigenvalue weighted by molar-refractivity contribution is 7.81. The number of hydrogen-bond acceptors (Lipinski definition) is 3. The molecular formula is C8H15NO3S. The van der Waals surface area contributed by atoms with Gasteiger partial charge in [0.05, 0.1) is 0 Å². The third kappa shape index (κ3) is 6.45. The summed E-state index contributed by atoms with van der Waals surface area (Å²) in [6, 6.07) is 0. The minimum absolute atomic E-state index is 0.101. The van der Waals surface area contributed by atoms with Gasteiger partial charge >= 0.3 is 5.97 Å². The van der Waals surface area contributed by atoms with Crippen LogP contribution in [0.3, 0.4) is 0 Å². The van der Waals surface area contributed by atoms with Gasteiger partial charge in [-0.1, -0.05) is 0 Å². The molecule has 2 N–H and O–H groups in total. The van der Waals surface area contributed by atoms with Crippen LogP contribution in [-0.2, 0) is 9.59 Å². The Balaban J connectivity index is 3.96. The molecule has 13 heavy (non-hydrogen) atoms. The van der Waals surface area contributed by atoms with Crippen LogP contribution in [0.2, 0.25) is 0 Å². The Morgan fingerprint density at radius 1 is 1.46 bits per heavy atom. The molecule has 0 aliphatic rings. The summed E-state index contributed by atoms with van der Waals surface area (Å²) in [6.45, 7) is 5.50. The van der Waals surface area contributed by atoms with Crippen molar-refractivity contribution in [3.8, 4) is 0 Å². The van der Waals surface area contributed by atoms with Crippen LogP contribution >= 0.6 is 12.6 Å². The normalized spacial score (nSPS) is 13.5. The highest BCUT2D eigenvalue weighted by atomic mass is 32.1. The fourth-order valence-electron chi connectivity index (χ4n) is 0.732. The summed E-state index contributed by atoms with van der Waals surface area (Å²) >= 11 is 3.75. The predicted octanol–water partition coefficient (Wildman–Crippen LogP) is 0.674. The molecule has 1 atom stereocenters. The zero-order chi connectivity index (χ0) is 10.6. The molecule has 0 aromatic heterocycles. The maximum Gasteiger partial charge on any atom is 0.316 e. The second-order valence-electron chi connectivity index (χ2n) is 3.86. The van der Waals surface area contributed by atoms with E-state index in [0.717, 1.165) is 0 Å². The zero-order valence-corrected chi connectivity index (χ0v) is 8.89. The van der Waals surface area contributed by atoms with Crippen LogP contribution in [0, 0.1) is 0 Å². The van der Waals surface area contributed by atoms with E-state index in [0.29, 0.717) is 0 Å². The largest absolute Gasteiger partial charge is 0.480 e. The van der Waals surface area contributed by atoms with Crippen LogP contribution in [-0.4, -0.2) is 27.8 Å². The second kappa shape index (κ2) is 4.50. The van der Waals surface area contributed by atoms with E-state index < -0.39 is 11.2 Å². The Kier molecular flexibility index (Phi) is 4.26. The van der Waals surface area contributed by atoms with Crippen LogP contribution in [0.25, 0.3) is 0 Å². The van der Waals surface area contributed by atoms with Crippen LogP contribution < -0.4 is 5.32 Å². The van der Waals surface area contributed by atoms with Gasteiger partial charge in [-0.25, -0.2) is 0 Å². The van der Waals surface area contributed by atoms with Crippen molar-refractivity contribution in [1.29, 1.82) is 0 Å². The SMILES string of the molecule is CC(C)(C)NC(=O)CC(S)C(=O)O. The number of nitrogens with one attached hydrogen (secondary N) is 1. The summed E-state index contributed by atoms with van der Waals surface area (Å²) in [5.74, 6) is -1.37. The molecule has 0 heterocycles. The maximum atomic E-state index is 11.2. The Labute approximate surface area is 83.1 Å². The lowest BCUT2D eigenvalue weighted by atomic mass is 10.1. The van der Waals surface area contributed by atoms with Gasteiger partial charge in [-0.05, 0) is 20.8 Å². The molecule has 0 aliphatic carbocycles. The Morgan fingerprint density at radius 2 is 1.92 bits per heavy atom. The van der Waals surface area contributed by atoms with Gasteiger partial charge in [0.15, 0.2) is 0 Å². The first-order valence-corrected chi connectivity index (χ1v) is 4.46. The van der Waals surface area contributed by atoms with E-state index in [1.165, 1.54) is 0 Å². The van der Waals surface area contributed by atoms with Crippen molar-refractivity contribution in [2.24, 2.45) is 0 Å². The van der Waals surface area contributed by atoms with Crippen molar-refractivity contribution in [3.05, 3.63) is 0 Å². The monoisotopic (exact) mass is 205 g/mol. The van der Waals surface area contributed by atoms with Crippen molar-refractivity contribution in [2.45, 2.75) is 38.0 Å². The minimum atomic E-state index is -1.08. The van der Waals surface area contributed by atoms with Gasteiger partial charge in [0.25, 0.3) is 0 Å². The average molecular weight is 205 g/mol. The molecule has 0 radical (unpaired) electrons. The Morgan fingerprint density at radius 3 is 2.23 bits per heavy atom. The van der Waals surface area contributed by atoms with Gasteiger partial charge in [0.2, 0.25) is 5.91 Å². The smallest absolute Gasteiger partial charge is 0.316 e. The number of amides is 1. The van der Waals surface area contributed by atoms with Crippen LogP contribution in [0.15, 0.2) is 0 Å². The third-order valence-corrected chi connectivity index (χ3v) is 1.58. The van der Waals surface area contributed by atoms with Gasteiger partial charge in [0.1, 0.15) is 5.25 Å². The van der Waals surface area contributed by atoms with Gasteiger partial charge < -0.3 is 10.4 Å². The van der Waals surface area contributed by atoms with Crippen LogP contribution in [0.4, 0.5) is 0 Å². The van der Waals surface area contributed by atoms with Crippen molar-refractivity contribution >= 4 is 24.5 Å². The number of carboxylic acids is 1. The summed E-state index contributed by atoms with van der Waals surface area (Å²) in [4.78, 5) is 21.5. The van der Waals surface area contributed by atoms with Gasteiger partial charge in [0, 0.05) is 12.0 Å². The van der Waals surface area contributed by atoms with Gasteiger partial charge in [-0.15, -0.1) is 0 Å². The Hall–Kier alpha value is -0.710. The summed E-state index contributed by atoms with van der Waals surface area (Å²) in [5.41, 5.74) is -0.330. The average Bonchev–Trinajstić information content (AvgIpc) is 1.81. The summed E-state index contributed by atoms with van der Waals surface area (Å²) < 4.78 is 0. The molecule has 0 saturated heterocycles. The first-order chi connectivity index (χ1) is 5.72. The Bertz CT molecular complexity index is 210. The molecule has 1 amide bonds. The predicted molar refractivity (Wildman–Crippen MR) is 52.9 cm³/mol. The quantitative estimate of drug-likeness (QED) is 0.593. The lowest BCUT2D eigenvalue weighted by Crippen LogP contribution is -2.42. The molecule has 0 saturated carbocycles. The van der Waals surface area contributed by atoms with E-state index in [1.807, 2.05) is 20.8 Å². The van der Waals surface area contributed by atoms with Crippen molar-refractivity contribution in [3.63, 3.8) is 0 Å². The van der Waals surface area contributed by atoms with E-state index in [1.54, 1.807) is 0 Å². The van der Waals surface area contributed by atoms with Crippen LogP contribution in [0.1, 0.15) is 27.2 Å². The number of carbonyl (C=O) groups excluding carboxylic acids is 1. The number of carbonyl (C=O) groups is 2. The topological polar surface area (TPSA) is 66.4 Å². The van der Waals surface area contributed by atoms with E-state index in [-0.39, 0.29) is 17.9 Å². The molecule has 0 spiro atoms. The third-order valence-electron chi connectivity index (χ3n) is 1.18. The highest BCUT2D eigenvalue weighted by Crippen LogP contribution is 2.04. The molecule has 5 heteroatoms. The molecule has 0 aromatic rings. The zero-order valence-electron chi connectivity index (χ0n) is 8.00. The first-order valence-electron chi connectivity index (χ1n) is 3.94. The maximum absolute atomic E-state index is 11.2. The molecule has 0 fully saturated rings. The highest BCUT2D eigenvalue weighted by Gasteiger charge is 2.20. The van der Waals surface area contributed by atoms with Crippen molar-refractivity contribution in [2.75, 3.05) is 0 Å². The lowest BCUT2D eigenvalue weighted by Gasteiger charge is -2.20. The summed E-state index contributed by atoms with van der Waals surface area (Å²) in [5, 5.41) is 10.2. The molecule has 4 nitrogen and oxygen atoms in total. The molecule has 0 aliphatic heterocycles. The van der Waals surface area contributed by atoms with Crippen LogP contribution in [0.5, 0.6) is 0 Å². The second-order valence-corrected chi connectivity index (χ2v) is 4.48. The fraction of sp³-hybridized carbons (Fsp3) is 0.750. The minimum Gasteiger partial charge on any atom is -0.480 e.